The van der Waals surface area contributed by atoms with Gasteiger partial charge in [-0.1, -0.05) is 29.4 Å². The maximum Gasteiger partial charge on any atom is 0.278 e. The third-order valence-corrected chi connectivity index (χ3v) is 4.19. The summed E-state index contributed by atoms with van der Waals surface area (Å²) in [7, 11) is 0. The van der Waals surface area contributed by atoms with Gasteiger partial charge in [0.15, 0.2) is 5.69 Å². The minimum atomic E-state index is 0.427. The van der Waals surface area contributed by atoms with Gasteiger partial charge in [0, 0.05) is 30.3 Å². The molecule has 0 aliphatic carbocycles. The van der Waals surface area contributed by atoms with E-state index in [4.69, 9.17) is 10.3 Å². The highest BCUT2D eigenvalue weighted by molar-refractivity contribution is 5.58. The van der Waals surface area contributed by atoms with Crippen LogP contribution in [-0.2, 0) is 6.54 Å². The Morgan fingerprint density at radius 1 is 1.26 bits per heavy atom. The summed E-state index contributed by atoms with van der Waals surface area (Å²) in [4.78, 5) is 4.44. The van der Waals surface area contributed by atoms with Crippen LogP contribution in [0.1, 0.15) is 23.6 Å². The molecule has 0 spiro atoms. The zero-order valence-electron chi connectivity index (χ0n) is 12.6. The first-order chi connectivity index (χ1) is 11.3. The molecule has 1 aliphatic rings. The predicted octanol–water partition coefficient (Wildman–Crippen LogP) is 1.66. The third kappa shape index (κ3) is 2.76. The summed E-state index contributed by atoms with van der Waals surface area (Å²) in [6, 6.07) is 9.80. The van der Waals surface area contributed by atoms with Crippen LogP contribution in [0.25, 0.3) is 23.0 Å². The number of hydrogen-bond donors (Lipinski definition) is 3. The summed E-state index contributed by atoms with van der Waals surface area (Å²) in [5, 5.41) is 14.8. The van der Waals surface area contributed by atoms with E-state index in [0.717, 1.165) is 36.3 Å². The zero-order chi connectivity index (χ0) is 15.6. The van der Waals surface area contributed by atoms with Gasteiger partial charge in [-0.25, -0.2) is 0 Å². The largest absolute Gasteiger partial charge is 0.332 e. The number of nitrogens with two attached hydrogens (primary N) is 1. The Bertz CT molecular complexity index is 785. The minimum absolute atomic E-state index is 0.427. The van der Waals surface area contributed by atoms with Crippen molar-refractivity contribution in [1.29, 1.82) is 0 Å². The molecule has 1 aliphatic heterocycles. The van der Waals surface area contributed by atoms with E-state index in [1.54, 1.807) is 0 Å². The first kappa shape index (κ1) is 14.1. The predicted molar refractivity (Wildman–Crippen MR) is 85.4 cm³/mol. The summed E-state index contributed by atoms with van der Waals surface area (Å²) in [6.07, 6.45) is 1.12. The maximum absolute atomic E-state index is 5.61. The molecular weight excluding hydrogens is 292 g/mol. The second-order valence-electron chi connectivity index (χ2n) is 5.72. The van der Waals surface area contributed by atoms with Crippen LogP contribution in [0.15, 0.2) is 34.9 Å². The molecular formula is C16H18N6O. The topological polar surface area (TPSA) is 106 Å². The monoisotopic (exact) mass is 310 g/mol. The number of nitrogens with zero attached hydrogens (tertiary/aromatic N) is 3. The van der Waals surface area contributed by atoms with Gasteiger partial charge in [0.05, 0.1) is 0 Å². The SMILES string of the molecule is NCc1ccc(-c2noc(-c3cc(C4CCNC4)[nH]n3)n2)cc1. The molecule has 7 nitrogen and oxygen atoms in total. The van der Waals surface area contributed by atoms with Crippen molar-refractivity contribution >= 4 is 0 Å². The quantitative estimate of drug-likeness (QED) is 0.677. The molecule has 7 heteroatoms. The fourth-order valence-corrected chi connectivity index (χ4v) is 2.81. The zero-order valence-corrected chi connectivity index (χ0v) is 12.6. The summed E-state index contributed by atoms with van der Waals surface area (Å²) in [5.74, 6) is 1.45. The maximum atomic E-state index is 5.61. The summed E-state index contributed by atoms with van der Waals surface area (Å²) in [5.41, 5.74) is 9.36. The lowest BCUT2D eigenvalue weighted by Crippen LogP contribution is -2.08. The van der Waals surface area contributed by atoms with Crippen molar-refractivity contribution in [1.82, 2.24) is 25.7 Å². The molecule has 3 heterocycles. The number of benzene rings is 1. The second-order valence-corrected chi connectivity index (χ2v) is 5.72. The Labute approximate surface area is 133 Å². The average molecular weight is 310 g/mol. The van der Waals surface area contributed by atoms with Gasteiger partial charge >= 0.3 is 0 Å². The van der Waals surface area contributed by atoms with Gasteiger partial charge in [0.1, 0.15) is 0 Å². The molecule has 2 aromatic heterocycles. The Balaban J connectivity index is 1.57. The number of rotatable bonds is 4. The van der Waals surface area contributed by atoms with Crippen LogP contribution in [0, 0.1) is 0 Å². The average Bonchev–Trinajstić information content (AvgIpc) is 3.34. The van der Waals surface area contributed by atoms with Gasteiger partial charge in [-0.2, -0.15) is 10.1 Å². The van der Waals surface area contributed by atoms with E-state index in [1.165, 1.54) is 0 Å². The highest BCUT2D eigenvalue weighted by Gasteiger charge is 2.21. The molecule has 1 fully saturated rings. The lowest BCUT2D eigenvalue weighted by Gasteiger charge is -2.02. The van der Waals surface area contributed by atoms with E-state index in [9.17, 15) is 0 Å². The molecule has 1 atom stereocenters. The molecule has 1 unspecified atom stereocenters. The van der Waals surface area contributed by atoms with E-state index in [0.29, 0.717) is 29.9 Å². The van der Waals surface area contributed by atoms with Crippen LogP contribution in [-0.4, -0.2) is 33.4 Å². The fourth-order valence-electron chi connectivity index (χ4n) is 2.81. The first-order valence-corrected chi connectivity index (χ1v) is 7.73. The number of nitrogens with one attached hydrogen (secondary N) is 2. The highest BCUT2D eigenvalue weighted by atomic mass is 16.5. The number of H-pyrrole nitrogens is 1. The normalized spacial score (nSPS) is 17.7. The van der Waals surface area contributed by atoms with Crippen molar-refractivity contribution in [2.24, 2.45) is 5.73 Å². The standard InChI is InChI=1S/C16H18N6O/c17-8-10-1-3-11(4-2-10)15-19-16(23-22-15)14-7-13(20-21-14)12-5-6-18-9-12/h1-4,7,12,18H,5-6,8-9,17H2,(H,20,21). The smallest absolute Gasteiger partial charge is 0.278 e. The Morgan fingerprint density at radius 3 is 2.87 bits per heavy atom. The van der Waals surface area contributed by atoms with Crippen LogP contribution in [0.5, 0.6) is 0 Å². The summed E-state index contributed by atoms with van der Waals surface area (Å²) >= 11 is 0. The molecule has 1 saturated heterocycles. The Hall–Kier alpha value is -2.51. The third-order valence-electron chi connectivity index (χ3n) is 4.19. The molecule has 0 saturated carbocycles. The molecule has 0 radical (unpaired) electrons. The lowest BCUT2D eigenvalue weighted by atomic mass is 10.1. The van der Waals surface area contributed by atoms with Crippen LogP contribution in [0.3, 0.4) is 0 Å². The van der Waals surface area contributed by atoms with Crippen molar-refractivity contribution in [2.45, 2.75) is 18.9 Å². The van der Waals surface area contributed by atoms with Crippen LogP contribution < -0.4 is 11.1 Å². The van der Waals surface area contributed by atoms with Crippen molar-refractivity contribution < 1.29 is 4.52 Å². The van der Waals surface area contributed by atoms with Crippen molar-refractivity contribution in [2.75, 3.05) is 13.1 Å². The van der Waals surface area contributed by atoms with Crippen LogP contribution in [0.4, 0.5) is 0 Å². The van der Waals surface area contributed by atoms with Gasteiger partial charge in [-0.3, -0.25) is 5.10 Å². The van der Waals surface area contributed by atoms with Gasteiger partial charge < -0.3 is 15.6 Å². The molecule has 4 N–H and O–H groups in total. The molecule has 23 heavy (non-hydrogen) atoms. The van der Waals surface area contributed by atoms with Gasteiger partial charge in [0.2, 0.25) is 5.82 Å². The number of hydrogen-bond acceptors (Lipinski definition) is 6. The molecule has 4 rings (SSSR count). The summed E-state index contributed by atoms with van der Waals surface area (Å²) in [6.45, 7) is 2.54. The van der Waals surface area contributed by atoms with E-state index in [-0.39, 0.29) is 0 Å². The van der Waals surface area contributed by atoms with Crippen molar-refractivity contribution in [3.63, 3.8) is 0 Å². The van der Waals surface area contributed by atoms with Crippen molar-refractivity contribution in [3.8, 4) is 23.0 Å². The van der Waals surface area contributed by atoms with E-state index < -0.39 is 0 Å². The van der Waals surface area contributed by atoms with E-state index in [2.05, 4.69) is 25.7 Å². The Kier molecular flexibility index (Phi) is 3.64. The molecule has 118 valence electrons. The molecule has 1 aromatic carbocycles. The number of aromatic amines is 1. The molecule has 0 amide bonds. The van der Waals surface area contributed by atoms with Crippen LogP contribution >= 0.6 is 0 Å². The minimum Gasteiger partial charge on any atom is -0.332 e. The lowest BCUT2D eigenvalue weighted by molar-refractivity contribution is 0.431. The first-order valence-electron chi connectivity index (χ1n) is 7.73. The molecule has 0 bridgehead atoms. The van der Waals surface area contributed by atoms with Gasteiger partial charge in [-0.15, -0.1) is 0 Å². The van der Waals surface area contributed by atoms with E-state index in [1.807, 2.05) is 30.3 Å². The highest BCUT2D eigenvalue weighted by Crippen LogP contribution is 2.26. The number of aromatic nitrogens is 4. The fraction of sp³-hybridized carbons (Fsp3) is 0.312. The second kappa shape index (κ2) is 5.94. The van der Waals surface area contributed by atoms with Crippen LogP contribution in [0.2, 0.25) is 0 Å². The Morgan fingerprint density at radius 2 is 2.13 bits per heavy atom. The van der Waals surface area contributed by atoms with Crippen molar-refractivity contribution in [3.05, 3.63) is 41.6 Å². The summed E-state index contributed by atoms with van der Waals surface area (Å²) < 4.78 is 5.35. The van der Waals surface area contributed by atoms with Gasteiger partial charge in [-0.05, 0) is 24.6 Å². The van der Waals surface area contributed by atoms with Gasteiger partial charge in [0.25, 0.3) is 5.89 Å². The van der Waals surface area contributed by atoms with E-state index >= 15 is 0 Å². The molecule has 3 aromatic rings.